The highest BCUT2D eigenvalue weighted by atomic mass is 35.5. The second-order valence-electron chi connectivity index (χ2n) is 4.43. The summed E-state index contributed by atoms with van der Waals surface area (Å²) in [5.41, 5.74) is 0.323. The number of rotatable bonds is 5. The van der Waals surface area contributed by atoms with E-state index < -0.39 is 5.78 Å². The van der Waals surface area contributed by atoms with Crippen LogP contribution in [0.2, 0.25) is 5.02 Å². The summed E-state index contributed by atoms with van der Waals surface area (Å²) < 4.78 is 5.35. The molecule has 0 atom stereocenters. The molecule has 0 aliphatic heterocycles. The van der Waals surface area contributed by atoms with Crippen molar-refractivity contribution in [1.82, 2.24) is 15.2 Å². The van der Waals surface area contributed by atoms with Gasteiger partial charge in [0.05, 0.1) is 5.56 Å². The lowest BCUT2D eigenvalue weighted by Crippen LogP contribution is -1.95. The van der Waals surface area contributed by atoms with E-state index in [-0.39, 0.29) is 11.6 Å². The number of furan rings is 1. The molecule has 0 aliphatic carbocycles. The molecule has 0 aliphatic rings. The molecule has 0 fully saturated rings. The number of H-pyrrole nitrogens is 1. The van der Waals surface area contributed by atoms with Crippen molar-refractivity contribution in [1.29, 1.82) is 0 Å². The van der Waals surface area contributed by atoms with E-state index in [1.54, 1.807) is 18.2 Å². The van der Waals surface area contributed by atoms with Crippen molar-refractivity contribution in [3.05, 3.63) is 65.4 Å². The highest BCUT2D eigenvalue weighted by molar-refractivity contribution is 7.99. The van der Waals surface area contributed by atoms with Crippen molar-refractivity contribution in [3.63, 3.8) is 0 Å². The Morgan fingerprint density at radius 3 is 2.83 bits per heavy atom. The van der Waals surface area contributed by atoms with E-state index in [1.165, 1.54) is 24.4 Å². The topological polar surface area (TPSA) is 92.0 Å². The molecular weight excluding hydrogens is 338 g/mol. The summed E-state index contributed by atoms with van der Waals surface area (Å²) in [7, 11) is 0. The molecule has 0 saturated carbocycles. The van der Waals surface area contributed by atoms with Crippen LogP contribution >= 0.6 is 23.4 Å². The number of aromatic amines is 1. The molecule has 2 aromatic heterocycles. The lowest BCUT2D eigenvalue weighted by atomic mass is 10.2. The van der Waals surface area contributed by atoms with Gasteiger partial charge in [0, 0.05) is 22.1 Å². The first-order valence-corrected chi connectivity index (χ1v) is 7.64. The van der Waals surface area contributed by atoms with Gasteiger partial charge in [-0.05, 0) is 24.3 Å². The molecule has 0 unspecified atom stereocenters. The predicted octanol–water partition coefficient (Wildman–Crippen LogP) is 3.98. The van der Waals surface area contributed by atoms with E-state index in [1.807, 2.05) is 12.1 Å². The average molecular weight is 348 g/mol. The van der Waals surface area contributed by atoms with E-state index in [9.17, 15) is 9.90 Å². The van der Waals surface area contributed by atoms with Gasteiger partial charge in [-0.3, -0.25) is 9.89 Å². The first-order valence-electron chi connectivity index (χ1n) is 6.45. The number of carbonyl (C=O) groups is 1. The number of ketones is 1. The molecule has 116 valence electrons. The number of halogens is 1. The maximum Gasteiger partial charge on any atom is 0.215 e. The lowest BCUT2D eigenvalue weighted by Gasteiger charge is -1.97. The van der Waals surface area contributed by atoms with E-state index >= 15 is 0 Å². The number of hydrogen-bond acceptors (Lipinski definition) is 6. The van der Waals surface area contributed by atoms with Gasteiger partial charge in [0.25, 0.3) is 0 Å². The normalized spacial score (nSPS) is 11.6. The average Bonchev–Trinajstić information content (AvgIpc) is 3.21. The first kappa shape index (κ1) is 15.4. The molecule has 2 N–H and O–H groups in total. The number of allylic oxidation sites excluding steroid dienone is 1. The van der Waals surface area contributed by atoms with Crippen molar-refractivity contribution in [3.8, 4) is 0 Å². The van der Waals surface area contributed by atoms with Crippen LogP contribution in [0.1, 0.15) is 16.2 Å². The standard InChI is InChI=1S/C15H10ClN3O3S/c16-10-1-3-11(4-2-10)23-14-5-9(7-22-14)12(20)6-13(21)15-17-8-18-19-15/h1-8,21H,(H,17,18,19). The maximum atomic E-state index is 12.1. The molecule has 8 heteroatoms. The number of benzene rings is 1. The largest absolute Gasteiger partial charge is 0.504 e. The third kappa shape index (κ3) is 3.82. The van der Waals surface area contributed by atoms with Gasteiger partial charge in [0.2, 0.25) is 5.82 Å². The van der Waals surface area contributed by atoms with Crippen LogP contribution in [0.25, 0.3) is 5.76 Å². The van der Waals surface area contributed by atoms with Crippen LogP contribution in [-0.2, 0) is 0 Å². The molecule has 3 rings (SSSR count). The molecular formula is C15H10ClN3O3S. The van der Waals surface area contributed by atoms with Gasteiger partial charge in [0.15, 0.2) is 16.6 Å². The first-order chi connectivity index (χ1) is 11.1. The van der Waals surface area contributed by atoms with Gasteiger partial charge in [-0.1, -0.05) is 23.4 Å². The van der Waals surface area contributed by atoms with Crippen LogP contribution < -0.4 is 0 Å². The third-order valence-electron chi connectivity index (χ3n) is 2.80. The Bertz CT molecular complexity index is 841. The maximum absolute atomic E-state index is 12.1. The monoisotopic (exact) mass is 347 g/mol. The molecule has 3 aromatic rings. The van der Waals surface area contributed by atoms with E-state index in [0.717, 1.165) is 11.0 Å². The van der Waals surface area contributed by atoms with Gasteiger partial charge < -0.3 is 9.52 Å². The van der Waals surface area contributed by atoms with Crippen LogP contribution in [0.15, 0.2) is 63.4 Å². The molecule has 1 aromatic carbocycles. The van der Waals surface area contributed by atoms with Gasteiger partial charge in [-0.15, -0.1) is 0 Å². The van der Waals surface area contributed by atoms with Crippen molar-refractivity contribution in [2.45, 2.75) is 9.99 Å². The Kier molecular flexibility index (Phi) is 4.50. The van der Waals surface area contributed by atoms with E-state index in [4.69, 9.17) is 16.0 Å². The van der Waals surface area contributed by atoms with Crippen LogP contribution in [0.4, 0.5) is 0 Å². The molecule has 0 saturated heterocycles. The number of aliphatic hydroxyl groups excluding tert-OH is 1. The number of carbonyl (C=O) groups excluding carboxylic acids is 1. The molecule has 0 radical (unpaired) electrons. The summed E-state index contributed by atoms with van der Waals surface area (Å²) in [5, 5.41) is 17.1. The second-order valence-corrected chi connectivity index (χ2v) is 5.94. The molecule has 6 nitrogen and oxygen atoms in total. The third-order valence-corrected chi connectivity index (χ3v) is 3.98. The number of aliphatic hydroxyl groups is 1. The Hall–Kier alpha value is -2.51. The van der Waals surface area contributed by atoms with Gasteiger partial charge >= 0.3 is 0 Å². The fraction of sp³-hybridized carbons (Fsp3) is 0. The second kappa shape index (κ2) is 6.72. The summed E-state index contributed by atoms with van der Waals surface area (Å²) in [6.45, 7) is 0. The quantitative estimate of drug-likeness (QED) is 0.412. The predicted molar refractivity (Wildman–Crippen MR) is 85.6 cm³/mol. The number of nitrogens with one attached hydrogen (secondary N) is 1. The molecule has 2 heterocycles. The summed E-state index contributed by atoms with van der Waals surface area (Å²) in [4.78, 5) is 16.8. The minimum atomic E-state index is -0.404. The Balaban J connectivity index is 1.72. The summed E-state index contributed by atoms with van der Waals surface area (Å²) >= 11 is 7.19. The number of nitrogens with zero attached hydrogens (tertiary/aromatic N) is 2. The zero-order valence-corrected chi connectivity index (χ0v) is 13.1. The summed E-state index contributed by atoms with van der Waals surface area (Å²) in [6, 6.07) is 8.86. The van der Waals surface area contributed by atoms with Crippen LogP contribution in [0.3, 0.4) is 0 Å². The molecule has 0 spiro atoms. The van der Waals surface area contributed by atoms with E-state index in [2.05, 4.69) is 15.2 Å². The van der Waals surface area contributed by atoms with Crippen molar-refractivity contribution in [2.24, 2.45) is 0 Å². The molecule has 0 bridgehead atoms. The van der Waals surface area contributed by atoms with Crippen LogP contribution in [0, 0.1) is 0 Å². The SMILES string of the molecule is O=C(C=C(O)c1nc[nH]n1)c1coc(Sc2ccc(Cl)cc2)c1. The zero-order valence-electron chi connectivity index (χ0n) is 11.6. The Labute approximate surface area is 140 Å². The van der Waals surface area contributed by atoms with Crippen molar-refractivity contribution < 1.29 is 14.3 Å². The van der Waals surface area contributed by atoms with E-state index in [0.29, 0.717) is 15.7 Å². The number of aromatic nitrogens is 3. The molecule has 0 amide bonds. The van der Waals surface area contributed by atoms with Crippen LogP contribution in [-0.4, -0.2) is 26.1 Å². The fourth-order valence-corrected chi connectivity index (χ4v) is 2.64. The highest BCUT2D eigenvalue weighted by Gasteiger charge is 2.12. The van der Waals surface area contributed by atoms with Gasteiger partial charge in [-0.25, -0.2) is 4.98 Å². The minimum Gasteiger partial charge on any atom is -0.504 e. The highest BCUT2D eigenvalue weighted by Crippen LogP contribution is 2.30. The Morgan fingerprint density at radius 2 is 2.13 bits per heavy atom. The van der Waals surface area contributed by atoms with Crippen molar-refractivity contribution >= 4 is 34.9 Å². The summed E-state index contributed by atoms with van der Waals surface area (Å²) in [6.07, 6.45) is 3.69. The minimum absolute atomic E-state index is 0.0533. The van der Waals surface area contributed by atoms with Gasteiger partial charge in [-0.2, -0.15) is 5.10 Å². The smallest absolute Gasteiger partial charge is 0.215 e. The molecule has 23 heavy (non-hydrogen) atoms. The van der Waals surface area contributed by atoms with Gasteiger partial charge in [0.1, 0.15) is 12.6 Å². The lowest BCUT2D eigenvalue weighted by molar-refractivity contribution is 0.104. The fourth-order valence-electron chi connectivity index (χ4n) is 1.72. The zero-order chi connectivity index (χ0) is 16.2. The van der Waals surface area contributed by atoms with Crippen LogP contribution in [0.5, 0.6) is 0 Å². The van der Waals surface area contributed by atoms with Crippen molar-refractivity contribution in [2.75, 3.05) is 0 Å². The summed E-state index contributed by atoms with van der Waals surface area (Å²) in [5.74, 6) is -0.666. The Morgan fingerprint density at radius 1 is 1.35 bits per heavy atom. The number of hydrogen-bond donors (Lipinski definition) is 2.